The van der Waals surface area contributed by atoms with Crippen LogP contribution in [-0.4, -0.2) is 10.9 Å². The number of carbonyl (C=O) groups excluding carboxylic acids is 1. The summed E-state index contributed by atoms with van der Waals surface area (Å²) in [6.45, 7) is 0. The normalized spacial score (nSPS) is 12.9. The van der Waals surface area contributed by atoms with E-state index in [2.05, 4.69) is 27.6 Å². The highest BCUT2D eigenvalue weighted by Gasteiger charge is 2.15. The molecule has 0 saturated carbocycles. The second kappa shape index (κ2) is 3.46. The van der Waals surface area contributed by atoms with Crippen molar-refractivity contribution in [2.24, 2.45) is 11.5 Å². The molecule has 0 saturated heterocycles. The van der Waals surface area contributed by atoms with Gasteiger partial charge in [0.05, 0.1) is 9.08 Å². The van der Waals surface area contributed by atoms with Crippen molar-refractivity contribution >= 4 is 39.8 Å². The van der Waals surface area contributed by atoms with Gasteiger partial charge in [-0.3, -0.25) is 4.79 Å². The Morgan fingerprint density at radius 3 is 2.82 bits per heavy atom. The number of hydrogen-bond acceptors (Lipinski definition) is 4. The zero-order chi connectivity index (χ0) is 8.43. The molecule has 0 fully saturated rings. The van der Waals surface area contributed by atoms with E-state index < -0.39 is 11.9 Å². The number of amides is 1. The van der Waals surface area contributed by atoms with Crippen LogP contribution in [-0.2, 0) is 4.79 Å². The van der Waals surface area contributed by atoms with Crippen LogP contribution in [0.2, 0.25) is 0 Å². The summed E-state index contributed by atoms with van der Waals surface area (Å²) in [5, 5.41) is 0.571. The molecule has 1 aromatic heterocycles. The Morgan fingerprint density at radius 2 is 2.45 bits per heavy atom. The molecule has 0 bridgehead atoms. The molecule has 0 aliphatic heterocycles. The number of primary amides is 1. The zero-order valence-electron chi connectivity index (χ0n) is 5.45. The highest BCUT2D eigenvalue weighted by Crippen LogP contribution is 2.19. The third-order valence-corrected chi connectivity index (χ3v) is 2.88. The third-order valence-electron chi connectivity index (χ3n) is 1.07. The zero-order valence-corrected chi connectivity index (χ0v) is 8.43. The minimum absolute atomic E-state index is 0.546. The van der Waals surface area contributed by atoms with Gasteiger partial charge in [0, 0.05) is 0 Å². The highest BCUT2D eigenvalue weighted by atomic mass is 127. The first kappa shape index (κ1) is 8.88. The van der Waals surface area contributed by atoms with Gasteiger partial charge in [-0.05, 0) is 22.6 Å². The topological polar surface area (TPSA) is 82.0 Å². The van der Waals surface area contributed by atoms with Crippen LogP contribution in [0.1, 0.15) is 11.0 Å². The summed E-state index contributed by atoms with van der Waals surface area (Å²) in [6, 6.07) is -0.761. The molecular formula is C5H6IN3OS. The summed E-state index contributed by atoms with van der Waals surface area (Å²) in [5.41, 5.74) is 10.4. The summed E-state index contributed by atoms with van der Waals surface area (Å²) in [4.78, 5) is 14.5. The lowest BCUT2D eigenvalue weighted by molar-refractivity contribution is -0.119. The van der Waals surface area contributed by atoms with E-state index in [1.807, 2.05) is 0 Å². The number of aromatic nitrogens is 1. The van der Waals surface area contributed by atoms with Gasteiger partial charge in [-0.25, -0.2) is 4.98 Å². The number of carbonyl (C=O) groups is 1. The van der Waals surface area contributed by atoms with Crippen molar-refractivity contribution in [2.45, 2.75) is 6.04 Å². The first-order chi connectivity index (χ1) is 5.11. The number of thiazole rings is 1. The molecule has 0 aliphatic rings. The van der Waals surface area contributed by atoms with Gasteiger partial charge in [0.15, 0.2) is 0 Å². The lowest BCUT2D eigenvalue weighted by atomic mass is 10.3. The molecule has 1 rings (SSSR count). The largest absolute Gasteiger partial charge is 0.368 e. The second-order valence-electron chi connectivity index (χ2n) is 1.88. The van der Waals surface area contributed by atoms with E-state index in [4.69, 9.17) is 11.5 Å². The third kappa shape index (κ3) is 2.11. The van der Waals surface area contributed by atoms with Crippen molar-refractivity contribution < 1.29 is 4.79 Å². The van der Waals surface area contributed by atoms with Crippen LogP contribution in [0, 0.1) is 2.88 Å². The van der Waals surface area contributed by atoms with E-state index in [0.29, 0.717) is 5.01 Å². The summed E-state index contributed by atoms with van der Waals surface area (Å²) in [7, 11) is 0. The van der Waals surface area contributed by atoms with Gasteiger partial charge in [-0.15, -0.1) is 11.3 Å². The first-order valence-corrected chi connectivity index (χ1v) is 4.67. The number of nitrogens with zero attached hydrogens (tertiary/aromatic N) is 1. The Balaban J connectivity index is 2.84. The summed E-state index contributed by atoms with van der Waals surface area (Å²) in [6.07, 6.45) is 1.66. The van der Waals surface area contributed by atoms with E-state index >= 15 is 0 Å². The average molecular weight is 283 g/mol. The van der Waals surface area contributed by atoms with Gasteiger partial charge in [-0.1, -0.05) is 0 Å². The lowest BCUT2D eigenvalue weighted by Crippen LogP contribution is -2.27. The van der Waals surface area contributed by atoms with Crippen LogP contribution in [0.4, 0.5) is 0 Å². The second-order valence-corrected chi connectivity index (χ2v) is 4.84. The maximum atomic E-state index is 10.6. The van der Waals surface area contributed by atoms with E-state index in [1.54, 1.807) is 6.20 Å². The van der Waals surface area contributed by atoms with Crippen LogP contribution < -0.4 is 11.5 Å². The fourth-order valence-electron chi connectivity index (χ4n) is 0.532. The monoisotopic (exact) mass is 283 g/mol. The van der Waals surface area contributed by atoms with Crippen molar-refractivity contribution in [2.75, 3.05) is 0 Å². The van der Waals surface area contributed by atoms with Crippen molar-refractivity contribution in [3.8, 4) is 0 Å². The molecule has 1 heterocycles. The Kier molecular flexibility index (Phi) is 2.79. The Hall–Kier alpha value is -0.210. The van der Waals surface area contributed by atoms with Gasteiger partial charge in [0.1, 0.15) is 11.0 Å². The Bertz CT molecular complexity index is 274. The number of halogens is 1. The minimum atomic E-state index is -0.761. The SMILES string of the molecule is NC(=O)C(N)c1ncc(I)s1. The van der Waals surface area contributed by atoms with Crippen LogP contribution in [0.5, 0.6) is 0 Å². The fraction of sp³-hybridized carbons (Fsp3) is 0.200. The fourth-order valence-corrected chi connectivity index (χ4v) is 2.00. The molecule has 0 spiro atoms. The van der Waals surface area contributed by atoms with Crippen LogP contribution in [0.3, 0.4) is 0 Å². The van der Waals surface area contributed by atoms with Gasteiger partial charge in [0.25, 0.3) is 0 Å². The number of hydrogen-bond donors (Lipinski definition) is 2. The smallest absolute Gasteiger partial charge is 0.241 e. The molecule has 6 heteroatoms. The van der Waals surface area contributed by atoms with E-state index in [-0.39, 0.29) is 0 Å². The molecule has 0 aliphatic carbocycles. The maximum Gasteiger partial charge on any atom is 0.241 e. The predicted molar refractivity (Wildman–Crippen MR) is 51.0 cm³/mol. The van der Waals surface area contributed by atoms with Crippen molar-refractivity contribution in [3.05, 3.63) is 14.1 Å². The van der Waals surface area contributed by atoms with Gasteiger partial charge < -0.3 is 11.5 Å². The molecule has 1 aromatic rings. The van der Waals surface area contributed by atoms with Crippen LogP contribution in [0.15, 0.2) is 6.20 Å². The van der Waals surface area contributed by atoms with Gasteiger partial charge in [0.2, 0.25) is 5.91 Å². The first-order valence-electron chi connectivity index (χ1n) is 2.77. The molecule has 4 N–H and O–H groups in total. The lowest BCUT2D eigenvalue weighted by Gasteiger charge is -2.00. The van der Waals surface area contributed by atoms with Crippen molar-refractivity contribution in [1.82, 2.24) is 4.98 Å². The average Bonchev–Trinajstić information content (AvgIpc) is 2.34. The number of nitrogens with two attached hydrogens (primary N) is 2. The molecule has 0 aromatic carbocycles. The van der Waals surface area contributed by atoms with Gasteiger partial charge >= 0.3 is 0 Å². The highest BCUT2D eigenvalue weighted by molar-refractivity contribution is 14.1. The predicted octanol–water partition coefficient (Wildman–Crippen LogP) is 0.233. The number of rotatable bonds is 2. The maximum absolute atomic E-state index is 10.6. The summed E-state index contributed by atoms with van der Waals surface area (Å²) in [5.74, 6) is -0.546. The molecule has 0 radical (unpaired) electrons. The molecular weight excluding hydrogens is 277 g/mol. The minimum Gasteiger partial charge on any atom is -0.368 e. The van der Waals surface area contributed by atoms with E-state index in [9.17, 15) is 4.79 Å². The summed E-state index contributed by atoms with van der Waals surface area (Å²) >= 11 is 3.48. The molecule has 1 unspecified atom stereocenters. The molecule has 4 nitrogen and oxygen atoms in total. The van der Waals surface area contributed by atoms with Crippen molar-refractivity contribution in [1.29, 1.82) is 0 Å². The quantitative estimate of drug-likeness (QED) is 0.762. The van der Waals surface area contributed by atoms with Crippen LogP contribution >= 0.6 is 33.9 Å². The molecule has 60 valence electrons. The summed E-state index contributed by atoms with van der Waals surface area (Å²) < 4.78 is 0.995. The van der Waals surface area contributed by atoms with E-state index in [1.165, 1.54) is 11.3 Å². The molecule has 1 atom stereocenters. The van der Waals surface area contributed by atoms with Gasteiger partial charge in [-0.2, -0.15) is 0 Å². The Labute approximate surface area is 81.1 Å². The van der Waals surface area contributed by atoms with Crippen LogP contribution in [0.25, 0.3) is 0 Å². The Morgan fingerprint density at radius 1 is 1.82 bits per heavy atom. The van der Waals surface area contributed by atoms with E-state index in [0.717, 1.165) is 2.88 Å². The molecule has 11 heavy (non-hydrogen) atoms. The standard InChI is InChI=1S/C5H6IN3OS/c6-2-1-9-5(11-2)3(7)4(8)10/h1,3H,7H2,(H2,8,10). The molecule has 1 amide bonds. The van der Waals surface area contributed by atoms with Crippen molar-refractivity contribution in [3.63, 3.8) is 0 Å².